The zero-order valence-electron chi connectivity index (χ0n) is 87.0. The highest BCUT2D eigenvalue weighted by Crippen LogP contribution is 2.45. The van der Waals surface area contributed by atoms with Gasteiger partial charge in [-0.15, -0.1) is 0 Å². The summed E-state index contributed by atoms with van der Waals surface area (Å²) in [4.78, 5) is 339. The lowest BCUT2D eigenvalue weighted by atomic mass is 9.60. The SMILES string of the molecule is CC(=O)C(=O)CCC(=O)C1CCC2C(=O)CCCCC(=O)CCC2C1.CC(=O)C(=O)CCC(=O)CCC1CCC(=O)CCCCC(=O)O1.CC(=O)CC(=O)CCC(=O)C1CC2CC(C)C(=O)CC2C(=O)C1C.CC(=O)CCC(=O)CCC(=O)CCC1CCC(=O)CCCCC(=O)C1.CCC(=O)C1CC(=O)CC(CCC(=O)CCC(=O)CCC(C)=O)C1.CCCC1CCC(=O)C(CC(=O)CC(C)=O)CCCC(=O)O1. The molecule has 6 aliphatic carbocycles. The van der Waals surface area contributed by atoms with Crippen LogP contribution in [0.1, 0.15) is 448 Å². The Balaban J connectivity index is 0.000000441. The highest BCUT2D eigenvalue weighted by Gasteiger charge is 2.48. The minimum absolute atomic E-state index is 0.0163. The molecule has 14 unspecified atom stereocenters. The summed E-state index contributed by atoms with van der Waals surface area (Å²) in [7, 11) is 0. The summed E-state index contributed by atoms with van der Waals surface area (Å²) in [6, 6.07) is 0. The number of hydrogen-bond acceptors (Lipinski definition) is 31. The number of rotatable bonds is 44. The van der Waals surface area contributed by atoms with Crippen molar-refractivity contribution in [3.63, 3.8) is 0 Å². The van der Waals surface area contributed by atoms with Gasteiger partial charge in [-0.05, 0) is 193 Å². The summed E-state index contributed by atoms with van der Waals surface area (Å²) in [5.41, 5.74) is 0. The van der Waals surface area contributed by atoms with Crippen LogP contribution < -0.4 is 0 Å². The maximum atomic E-state index is 12.6. The van der Waals surface area contributed by atoms with Crippen LogP contribution >= 0.6 is 0 Å². The lowest BCUT2D eigenvalue weighted by Gasteiger charge is -2.42. The van der Waals surface area contributed by atoms with Crippen LogP contribution in [0.3, 0.4) is 0 Å². The van der Waals surface area contributed by atoms with Gasteiger partial charge in [0.25, 0.3) is 0 Å². The Morgan fingerprint density at radius 1 is 0.301 bits per heavy atom. The van der Waals surface area contributed by atoms with E-state index in [1.807, 2.05) is 20.8 Å². The molecule has 2 saturated heterocycles. The Hall–Kier alpha value is -9.97. The molecule has 14 atom stereocenters. The largest absolute Gasteiger partial charge is 0.462 e. The molecular weight excluding hydrogens is 1840 g/mol. The van der Waals surface area contributed by atoms with E-state index in [9.17, 15) is 139 Å². The Bertz CT molecular complexity index is 4490. The standard InChI is InChI=1S/C20H28O5.C20H30O5.C19H26O5.C19H28O5.C17H24O6.C17H26O5/c1-13(21)18(23)10-11-19(24)15-7-9-17-14(12-15)6-8-16(22)4-2-3-5-20(17)25;1-15(21)6-9-18(23)12-13-19(24)11-8-16-7-10-17(22)4-2-3-5-20(25)14-16;1-10-6-13-8-15(12(3)19(24)16(13)9-18(10)23)17(22)5-4-14(21)7-11(2)20;1-3-19(24)15-10-14(11-18(23)12-15)5-7-17(22)9-8-16(21)6-4-13(2)20;1-12(18)16(21)11-8-14(20)7-10-15-9-6-13(19)4-2-3-5-17(22)23-15;1-3-5-15-8-9-16(20)13(6-4-7-17(21)22-15)11-14(19)10-12(2)18/h14-15,17H,2-12H2,1H3;16H,2-14H2,1H3;10,12-13,15-16H,4-9H2,1-3H3;14-15H,3-12H2,1-2H3;15H,2-11H2,1H3;13,15H,3-11H2,1-2H3. The second-order valence-corrected chi connectivity index (χ2v) is 41.3. The first-order valence-electron chi connectivity index (χ1n) is 52.9. The van der Waals surface area contributed by atoms with Crippen molar-refractivity contribution in [2.45, 2.75) is 460 Å². The monoisotopic (exact) mass is 2000 g/mol. The first-order chi connectivity index (χ1) is 67.6. The third-order valence-electron chi connectivity index (χ3n) is 28.7. The highest BCUT2D eigenvalue weighted by atomic mass is 16.5. The van der Waals surface area contributed by atoms with Gasteiger partial charge in [0, 0.05) is 279 Å². The third kappa shape index (κ3) is 55.2. The van der Waals surface area contributed by atoms with Crippen molar-refractivity contribution in [1.82, 2.24) is 0 Å². The molecule has 0 aromatic rings. The zero-order chi connectivity index (χ0) is 107. The summed E-state index contributed by atoms with van der Waals surface area (Å²) >= 11 is 0. The van der Waals surface area contributed by atoms with Gasteiger partial charge in [0.05, 0.1) is 12.8 Å². The molecule has 143 heavy (non-hydrogen) atoms. The molecule has 0 aromatic carbocycles. The number of esters is 2. The van der Waals surface area contributed by atoms with Gasteiger partial charge in [-0.2, -0.15) is 0 Å². The predicted molar refractivity (Wildman–Crippen MR) is 526 cm³/mol. The molecule has 0 bridgehead atoms. The fraction of sp³-hybridized carbons (Fsp3) is 0.741. The van der Waals surface area contributed by atoms with E-state index in [0.29, 0.717) is 218 Å². The summed E-state index contributed by atoms with van der Waals surface area (Å²) in [6.45, 7) is 15.5. The van der Waals surface area contributed by atoms with Crippen LogP contribution in [-0.2, 0) is 149 Å². The number of ketones is 27. The normalized spacial score (nSPS) is 24.2. The van der Waals surface area contributed by atoms with Crippen molar-refractivity contribution in [2.75, 3.05) is 0 Å². The molecule has 8 aliphatic rings. The Morgan fingerprint density at radius 3 is 1.29 bits per heavy atom. The van der Waals surface area contributed by atoms with Crippen molar-refractivity contribution in [3.8, 4) is 0 Å². The van der Waals surface area contributed by atoms with Crippen LogP contribution in [-0.4, -0.2) is 180 Å². The maximum Gasteiger partial charge on any atom is 0.306 e. The summed E-state index contributed by atoms with van der Waals surface area (Å²) < 4.78 is 10.7. The van der Waals surface area contributed by atoms with E-state index in [4.69, 9.17) is 9.47 Å². The summed E-state index contributed by atoms with van der Waals surface area (Å²) in [5, 5.41) is 0. The minimum atomic E-state index is -0.547. The number of cyclic esters (lactones) is 2. The predicted octanol–water partition coefficient (Wildman–Crippen LogP) is 16.8. The number of carbonyl (C=O) groups is 29. The average Bonchev–Trinajstić information content (AvgIpc) is 0.775. The van der Waals surface area contributed by atoms with Gasteiger partial charge >= 0.3 is 11.9 Å². The van der Waals surface area contributed by atoms with E-state index in [0.717, 1.165) is 38.5 Å². The smallest absolute Gasteiger partial charge is 0.306 e. The van der Waals surface area contributed by atoms with Crippen molar-refractivity contribution in [1.29, 1.82) is 0 Å². The van der Waals surface area contributed by atoms with Gasteiger partial charge in [-0.1, -0.05) is 34.1 Å². The Labute approximate surface area is 843 Å². The van der Waals surface area contributed by atoms with Crippen molar-refractivity contribution in [2.24, 2.45) is 71.0 Å². The number of carbonyl (C=O) groups excluding carboxylic acids is 29. The van der Waals surface area contributed by atoms with Gasteiger partial charge in [0.15, 0.2) is 23.1 Å². The van der Waals surface area contributed by atoms with Gasteiger partial charge in [-0.25, -0.2) is 0 Å². The molecule has 796 valence electrons. The molecule has 31 heteroatoms. The van der Waals surface area contributed by atoms with E-state index >= 15 is 0 Å². The highest BCUT2D eigenvalue weighted by molar-refractivity contribution is 6.37. The number of ether oxygens (including phenoxy) is 2. The van der Waals surface area contributed by atoms with E-state index in [-0.39, 0.29) is 344 Å². The first-order valence-corrected chi connectivity index (χ1v) is 52.9. The molecule has 0 amide bonds. The van der Waals surface area contributed by atoms with Gasteiger partial charge in [0.2, 0.25) is 0 Å². The van der Waals surface area contributed by atoms with E-state index in [1.54, 1.807) is 6.92 Å². The van der Waals surface area contributed by atoms with Crippen molar-refractivity contribution >= 4 is 168 Å². The molecular formula is C112H162O31. The molecule has 31 nitrogen and oxygen atoms in total. The molecule has 6 saturated carbocycles. The lowest BCUT2D eigenvalue weighted by molar-refractivity contribution is -0.151. The summed E-state index contributed by atoms with van der Waals surface area (Å²) in [6.07, 6.45) is 24.1. The fourth-order valence-corrected chi connectivity index (χ4v) is 20.0. The number of fused-ring (bicyclic) bond motifs is 2. The lowest BCUT2D eigenvalue weighted by Crippen LogP contribution is -2.46. The molecule has 0 spiro atoms. The number of Topliss-reactive ketones (excluding diaryl/α,β-unsaturated/α-hetero) is 27. The van der Waals surface area contributed by atoms with E-state index in [2.05, 4.69) is 0 Å². The Morgan fingerprint density at radius 2 is 0.748 bits per heavy atom. The van der Waals surface area contributed by atoms with Crippen LogP contribution in [0.2, 0.25) is 0 Å². The average molecular weight is 2000 g/mol. The second-order valence-electron chi connectivity index (χ2n) is 41.3. The number of hydrogen-bond donors (Lipinski definition) is 0. The Kier molecular flexibility index (Phi) is 62.2. The molecule has 2 aliphatic heterocycles. The van der Waals surface area contributed by atoms with Crippen LogP contribution in [0.25, 0.3) is 0 Å². The van der Waals surface area contributed by atoms with Crippen LogP contribution in [0.4, 0.5) is 0 Å². The molecule has 8 rings (SSSR count). The first kappa shape index (κ1) is 127. The quantitative estimate of drug-likeness (QED) is 0.0310. The third-order valence-corrected chi connectivity index (χ3v) is 28.7. The zero-order valence-corrected chi connectivity index (χ0v) is 87.0. The van der Waals surface area contributed by atoms with Crippen LogP contribution in [0, 0.1) is 71.0 Å². The fourth-order valence-electron chi connectivity index (χ4n) is 20.0. The van der Waals surface area contributed by atoms with Gasteiger partial charge in [0.1, 0.15) is 145 Å². The van der Waals surface area contributed by atoms with Crippen molar-refractivity contribution in [3.05, 3.63) is 0 Å². The second kappa shape index (κ2) is 69.9. The van der Waals surface area contributed by atoms with Crippen LogP contribution in [0.15, 0.2) is 0 Å². The van der Waals surface area contributed by atoms with Gasteiger partial charge in [-0.3, -0.25) is 129 Å². The molecule has 0 N–H and O–H groups in total. The summed E-state index contributed by atoms with van der Waals surface area (Å²) in [5.74, 6) is -3.34. The minimum Gasteiger partial charge on any atom is -0.462 e. The van der Waals surface area contributed by atoms with Crippen LogP contribution in [0.5, 0.6) is 0 Å². The van der Waals surface area contributed by atoms with E-state index in [1.165, 1.54) is 41.5 Å². The van der Waals surface area contributed by atoms with Crippen molar-refractivity contribution < 1.29 is 149 Å². The molecule has 2 heterocycles. The topological polar surface area (TPSA) is 513 Å². The molecule has 0 aromatic heterocycles. The molecule has 8 fully saturated rings. The maximum absolute atomic E-state index is 12.6. The van der Waals surface area contributed by atoms with Gasteiger partial charge < -0.3 is 19.1 Å². The van der Waals surface area contributed by atoms with E-state index < -0.39 is 29.2 Å². The molecule has 0 radical (unpaired) electrons.